The minimum absolute atomic E-state index is 0.0489. The Morgan fingerprint density at radius 2 is 1.65 bits per heavy atom. The lowest BCUT2D eigenvalue weighted by molar-refractivity contribution is 0.0708. The molecule has 1 saturated heterocycles. The number of rotatable bonds is 3. The molecule has 0 bridgehead atoms. The SMILES string of the molecule is N#Cc1cccc(C(=O)N2CCC(NC(=O)NC3CCCCC3)CC2)c1. The summed E-state index contributed by atoms with van der Waals surface area (Å²) in [5.41, 5.74) is 1.04. The summed E-state index contributed by atoms with van der Waals surface area (Å²) in [4.78, 5) is 26.5. The van der Waals surface area contributed by atoms with Crippen molar-refractivity contribution >= 4 is 11.9 Å². The Bertz CT molecular complexity index is 683. The van der Waals surface area contributed by atoms with Gasteiger partial charge < -0.3 is 15.5 Å². The Hall–Kier alpha value is -2.55. The number of likely N-dealkylation sites (tertiary alicyclic amines) is 1. The van der Waals surface area contributed by atoms with Gasteiger partial charge >= 0.3 is 6.03 Å². The zero-order chi connectivity index (χ0) is 18.4. The van der Waals surface area contributed by atoms with E-state index in [4.69, 9.17) is 5.26 Å². The lowest BCUT2D eigenvalue weighted by atomic mass is 9.96. The monoisotopic (exact) mass is 354 g/mol. The Morgan fingerprint density at radius 3 is 2.31 bits per heavy atom. The van der Waals surface area contributed by atoms with Crippen LogP contribution in [0.15, 0.2) is 24.3 Å². The average molecular weight is 354 g/mol. The summed E-state index contributed by atoms with van der Waals surface area (Å²) in [5, 5.41) is 15.1. The molecule has 3 rings (SSSR count). The highest BCUT2D eigenvalue weighted by Gasteiger charge is 2.25. The van der Waals surface area contributed by atoms with Crippen molar-refractivity contribution in [3.05, 3.63) is 35.4 Å². The fourth-order valence-electron chi connectivity index (χ4n) is 3.79. The molecule has 0 spiro atoms. The van der Waals surface area contributed by atoms with E-state index in [1.165, 1.54) is 19.3 Å². The molecule has 1 heterocycles. The second-order valence-corrected chi connectivity index (χ2v) is 7.21. The first kappa shape index (κ1) is 18.2. The number of hydrogen-bond acceptors (Lipinski definition) is 3. The molecule has 1 aromatic rings. The lowest BCUT2D eigenvalue weighted by Crippen LogP contribution is -2.51. The smallest absolute Gasteiger partial charge is 0.315 e. The number of nitriles is 1. The molecular weight excluding hydrogens is 328 g/mol. The van der Waals surface area contributed by atoms with Crippen LogP contribution < -0.4 is 10.6 Å². The number of amides is 3. The third-order valence-corrected chi connectivity index (χ3v) is 5.30. The van der Waals surface area contributed by atoms with Gasteiger partial charge in [0.1, 0.15) is 0 Å². The van der Waals surface area contributed by atoms with E-state index < -0.39 is 0 Å². The fourth-order valence-corrected chi connectivity index (χ4v) is 3.79. The van der Waals surface area contributed by atoms with Crippen LogP contribution in [0.1, 0.15) is 60.9 Å². The summed E-state index contributed by atoms with van der Waals surface area (Å²) < 4.78 is 0. The maximum atomic E-state index is 12.6. The van der Waals surface area contributed by atoms with Gasteiger partial charge in [-0.25, -0.2) is 4.79 Å². The molecule has 26 heavy (non-hydrogen) atoms. The highest BCUT2D eigenvalue weighted by molar-refractivity contribution is 5.94. The van der Waals surface area contributed by atoms with E-state index in [1.807, 2.05) is 0 Å². The van der Waals surface area contributed by atoms with Crippen LogP contribution in [-0.2, 0) is 0 Å². The number of carbonyl (C=O) groups is 2. The topological polar surface area (TPSA) is 85.2 Å². The van der Waals surface area contributed by atoms with Crippen molar-refractivity contribution in [1.29, 1.82) is 5.26 Å². The molecule has 2 N–H and O–H groups in total. The van der Waals surface area contributed by atoms with Gasteiger partial charge in [-0.05, 0) is 43.9 Å². The summed E-state index contributed by atoms with van der Waals surface area (Å²) in [6.07, 6.45) is 7.30. The van der Waals surface area contributed by atoms with Crippen LogP contribution in [0.25, 0.3) is 0 Å². The standard InChI is InChI=1S/C20H26N4O2/c21-14-15-5-4-6-16(13-15)19(25)24-11-9-18(10-12-24)23-20(26)22-17-7-2-1-3-8-17/h4-6,13,17-18H,1-3,7-12H2,(H2,22,23,26). The van der Waals surface area contributed by atoms with Crippen molar-refractivity contribution in [3.8, 4) is 6.07 Å². The van der Waals surface area contributed by atoms with Gasteiger partial charge in [0.15, 0.2) is 0 Å². The summed E-state index contributed by atoms with van der Waals surface area (Å²) in [7, 11) is 0. The maximum absolute atomic E-state index is 12.6. The predicted molar refractivity (Wildman–Crippen MR) is 98.6 cm³/mol. The average Bonchev–Trinajstić information content (AvgIpc) is 2.69. The third kappa shape index (κ3) is 4.75. The number of nitrogens with one attached hydrogen (secondary N) is 2. The minimum atomic E-state index is -0.0802. The Kier molecular flexibility index (Phi) is 6.11. The highest BCUT2D eigenvalue weighted by Crippen LogP contribution is 2.18. The molecule has 1 aromatic carbocycles. The molecule has 1 saturated carbocycles. The van der Waals surface area contributed by atoms with E-state index in [-0.39, 0.29) is 18.0 Å². The molecule has 3 amide bonds. The lowest BCUT2D eigenvalue weighted by Gasteiger charge is -2.33. The molecule has 0 atom stereocenters. The van der Waals surface area contributed by atoms with Crippen LogP contribution in [0.5, 0.6) is 0 Å². The van der Waals surface area contributed by atoms with Crippen LogP contribution in [0.4, 0.5) is 4.79 Å². The first-order valence-electron chi connectivity index (χ1n) is 9.52. The van der Waals surface area contributed by atoms with Crippen LogP contribution in [-0.4, -0.2) is 42.0 Å². The summed E-state index contributed by atoms with van der Waals surface area (Å²) in [5.74, 6) is -0.0489. The Labute approximate surface area is 154 Å². The van der Waals surface area contributed by atoms with E-state index in [9.17, 15) is 9.59 Å². The second-order valence-electron chi connectivity index (χ2n) is 7.21. The van der Waals surface area contributed by atoms with Crippen LogP contribution in [0.3, 0.4) is 0 Å². The molecule has 138 valence electrons. The van der Waals surface area contributed by atoms with Gasteiger partial charge in [0.2, 0.25) is 0 Å². The van der Waals surface area contributed by atoms with Crippen LogP contribution in [0, 0.1) is 11.3 Å². The van der Waals surface area contributed by atoms with Crippen molar-refractivity contribution in [2.75, 3.05) is 13.1 Å². The molecule has 6 heteroatoms. The molecular formula is C20H26N4O2. The highest BCUT2D eigenvalue weighted by atomic mass is 16.2. The molecule has 2 aliphatic rings. The van der Waals surface area contributed by atoms with Crippen molar-refractivity contribution in [2.24, 2.45) is 0 Å². The van der Waals surface area contributed by atoms with Crippen molar-refractivity contribution in [2.45, 2.75) is 57.0 Å². The number of benzene rings is 1. The van der Waals surface area contributed by atoms with Crippen LogP contribution >= 0.6 is 0 Å². The van der Waals surface area contributed by atoms with E-state index >= 15 is 0 Å². The number of urea groups is 1. The summed E-state index contributed by atoms with van der Waals surface area (Å²) >= 11 is 0. The fraction of sp³-hybridized carbons (Fsp3) is 0.550. The largest absolute Gasteiger partial charge is 0.338 e. The number of nitrogens with zero attached hydrogens (tertiary/aromatic N) is 2. The molecule has 0 unspecified atom stereocenters. The first-order valence-corrected chi connectivity index (χ1v) is 9.52. The van der Waals surface area contributed by atoms with Gasteiger partial charge in [-0.1, -0.05) is 25.3 Å². The van der Waals surface area contributed by atoms with Crippen molar-refractivity contribution in [1.82, 2.24) is 15.5 Å². The number of hydrogen-bond donors (Lipinski definition) is 2. The normalized spacial score (nSPS) is 18.8. The summed E-state index contributed by atoms with van der Waals surface area (Å²) in [6, 6.07) is 9.18. The predicted octanol–water partition coefficient (Wildman–Crippen LogP) is 2.79. The quantitative estimate of drug-likeness (QED) is 0.875. The van der Waals surface area contributed by atoms with Gasteiger partial charge in [0, 0.05) is 30.7 Å². The Morgan fingerprint density at radius 1 is 1.00 bits per heavy atom. The van der Waals surface area contributed by atoms with Gasteiger partial charge in [-0.3, -0.25) is 4.79 Å². The number of piperidine rings is 1. The van der Waals surface area contributed by atoms with E-state index in [0.29, 0.717) is 30.3 Å². The molecule has 2 fully saturated rings. The van der Waals surface area contributed by atoms with Crippen molar-refractivity contribution in [3.63, 3.8) is 0 Å². The minimum Gasteiger partial charge on any atom is -0.338 e. The van der Waals surface area contributed by atoms with Gasteiger partial charge in [-0.15, -0.1) is 0 Å². The summed E-state index contributed by atoms with van der Waals surface area (Å²) in [6.45, 7) is 1.23. The van der Waals surface area contributed by atoms with E-state index in [2.05, 4.69) is 16.7 Å². The van der Waals surface area contributed by atoms with Crippen LogP contribution in [0.2, 0.25) is 0 Å². The zero-order valence-electron chi connectivity index (χ0n) is 15.0. The Balaban J connectivity index is 1.45. The maximum Gasteiger partial charge on any atom is 0.315 e. The van der Waals surface area contributed by atoms with Gasteiger partial charge in [-0.2, -0.15) is 5.26 Å². The zero-order valence-corrected chi connectivity index (χ0v) is 15.0. The van der Waals surface area contributed by atoms with E-state index in [0.717, 1.165) is 25.7 Å². The molecule has 0 radical (unpaired) electrons. The molecule has 1 aliphatic carbocycles. The van der Waals surface area contributed by atoms with Gasteiger partial charge in [0.05, 0.1) is 11.6 Å². The molecule has 1 aliphatic heterocycles. The molecule has 0 aromatic heterocycles. The number of carbonyl (C=O) groups excluding carboxylic acids is 2. The van der Waals surface area contributed by atoms with Crippen molar-refractivity contribution < 1.29 is 9.59 Å². The molecule has 6 nitrogen and oxygen atoms in total. The van der Waals surface area contributed by atoms with Gasteiger partial charge in [0.25, 0.3) is 5.91 Å². The third-order valence-electron chi connectivity index (χ3n) is 5.30. The second kappa shape index (κ2) is 8.70. The van der Waals surface area contributed by atoms with E-state index in [1.54, 1.807) is 29.2 Å². The first-order chi connectivity index (χ1) is 12.7.